The van der Waals surface area contributed by atoms with Crippen LogP contribution in [-0.2, 0) is 5.41 Å². The Morgan fingerprint density at radius 2 is 2.19 bits per heavy atom. The summed E-state index contributed by atoms with van der Waals surface area (Å²) < 4.78 is 31.6. The van der Waals surface area contributed by atoms with Crippen LogP contribution in [0.25, 0.3) is 5.69 Å². The molecule has 3 rings (SSSR count). The standard InChI is InChI=1S/C15H17F2N3O/c1-15(6-7-18-9-15)13-8-19-10-20(13)11-4-2-3-5-12(11)21-14(16)17/h2-5,8,10,14,18H,6-7,9H2,1H3. The van der Waals surface area contributed by atoms with Gasteiger partial charge in [0.1, 0.15) is 5.75 Å². The Morgan fingerprint density at radius 3 is 2.90 bits per heavy atom. The molecular weight excluding hydrogens is 276 g/mol. The van der Waals surface area contributed by atoms with Crippen molar-refractivity contribution in [2.75, 3.05) is 13.1 Å². The van der Waals surface area contributed by atoms with E-state index in [1.54, 1.807) is 36.8 Å². The highest BCUT2D eigenvalue weighted by Crippen LogP contribution is 2.34. The minimum atomic E-state index is -2.85. The quantitative estimate of drug-likeness (QED) is 0.942. The van der Waals surface area contributed by atoms with Crippen LogP contribution >= 0.6 is 0 Å². The average Bonchev–Trinajstić information content (AvgIpc) is 3.08. The molecule has 1 aromatic heterocycles. The predicted molar refractivity (Wildman–Crippen MR) is 75.0 cm³/mol. The third kappa shape index (κ3) is 2.63. The van der Waals surface area contributed by atoms with Gasteiger partial charge in [-0.2, -0.15) is 8.78 Å². The maximum absolute atomic E-state index is 12.6. The van der Waals surface area contributed by atoms with Crippen molar-refractivity contribution in [2.24, 2.45) is 0 Å². The lowest BCUT2D eigenvalue weighted by molar-refractivity contribution is -0.0498. The van der Waals surface area contributed by atoms with Gasteiger partial charge < -0.3 is 10.1 Å². The predicted octanol–water partition coefficient (Wildman–Crippen LogP) is 2.72. The summed E-state index contributed by atoms with van der Waals surface area (Å²) in [5, 5.41) is 3.33. The van der Waals surface area contributed by atoms with Crippen molar-refractivity contribution in [3.05, 3.63) is 42.5 Å². The van der Waals surface area contributed by atoms with Crippen molar-refractivity contribution in [1.82, 2.24) is 14.9 Å². The molecule has 0 aliphatic carbocycles. The van der Waals surface area contributed by atoms with Gasteiger partial charge in [0.15, 0.2) is 0 Å². The summed E-state index contributed by atoms with van der Waals surface area (Å²) in [6, 6.07) is 6.78. The second kappa shape index (κ2) is 5.44. The fourth-order valence-corrected chi connectivity index (χ4v) is 2.82. The summed E-state index contributed by atoms with van der Waals surface area (Å²) in [5.41, 5.74) is 1.52. The SMILES string of the molecule is CC1(c2cncn2-c2ccccc2OC(F)F)CCNC1. The van der Waals surface area contributed by atoms with Crippen LogP contribution in [0, 0.1) is 0 Å². The van der Waals surface area contributed by atoms with E-state index in [0.717, 1.165) is 25.2 Å². The molecule has 112 valence electrons. The maximum atomic E-state index is 12.6. The zero-order valence-corrected chi connectivity index (χ0v) is 11.7. The Hall–Kier alpha value is -1.95. The molecule has 0 radical (unpaired) electrons. The number of halogens is 2. The zero-order chi connectivity index (χ0) is 14.9. The number of hydrogen-bond acceptors (Lipinski definition) is 3. The Morgan fingerprint density at radius 1 is 1.38 bits per heavy atom. The van der Waals surface area contributed by atoms with Gasteiger partial charge in [-0.3, -0.25) is 4.57 Å². The number of nitrogens with zero attached hydrogens (tertiary/aromatic N) is 2. The lowest BCUT2D eigenvalue weighted by atomic mass is 9.86. The van der Waals surface area contributed by atoms with E-state index in [4.69, 9.17) is 0 Å². The van der Waals surface area contributed by atoms with Gasteiger partial charge in [0, 0.05) is 23.9 Å². The van der Waals surface area contributed by atoms with Crippen LogP contribution in [0.2, 0.25) is 0 Å². The van der Waals surface area contributed by atoms with Crippen LogP contribution in [0.4, 0.5) is 8.78 Å². The highest BCUT2D eigenvalue weighted by Gasteiger charge is 2.34. The summed E-state index contributed by atoms with van der Waals surface area (Å²) in [6.45, 7) is 1.09. The molecule has 1 N–H and O–H groups in total. The Balaban J connectivity index is 2.04. The van der Waals surface area contributed by atoms with Crippen LogP contribution in [0.15, 0.2) is 36.8 Å². The fourth-order valence-electron chi connectivity index (χ4n) is 2.82. The maximum Gasteiger partial charge on any atom is 0.387 e. The molecule has 0 saturated carbocycles. The molecule has 2 aromatic rings. The van der Waals surface area contributed by atoms with Gasteiger partial charge in [0.25, 0.3) is 0 Å². The Kier molecular flexibility index (Phi) is 3.63. The third-order valence-corrected chi connectivity index (χ3v) is 3.97. The Bertz CT molecular complexity index is 621. The van der Waals surface area contributed by atoms with E-state index >= 15 is 0 Å². The fraction of sp³-hybridized carbons (Fsp3) is 0.400. The summed E-state index contributed by atoms with van der Waals surface area (Å²) in [6.07, 6.45) is 4.43. The molecule has 1 saturated heterocycles. The molecule has 1 unspecified atom stereocenters. The van der Waals surface area contributed by atoms with Gasteiger partial charge in [-0.15, -0.1) is 0 Å². The van der Waals surface area contributed by atoms with Gasteiger partial charge >= 0.3 is 6.61 Å². The highest BCUT2D eigenvalue weighted by molar-refractivity contribution is 5.48. The smallest absolute Gasteiger partial charge is 0.387 e. The molecule has 0 bridgehead atoms. The number of benzene rings is 1. The molecule has 2 heterocycles. The van der Waals surface area contributed by atoms with Crippen LogP contribution < -0.4 is 10.1 Å². The number of hydrogen-bond donors (Lipinski definition) is 1. The summed E-state index contributed by atoms with van der Waals surface area (Å²) >= 11 is 0. The van der Waals surface area contributed by atoms with Crippen LogP contribution in [-0.4, -0.2) is 29.3 Å². The van der Waals surface area contributed by atoms with Crippen molar-refractivity contribution in [2.45, 2.75) is 25.4 Å². The summed E-state index contributed by atoms with van der Waals surface area (Å²) in [4.78, 5) is 4.20. The zero-order valence-electron chi connectivity index (χ0n) is 11.7. The molecule has 21 heavy (non-hydrogen) atoms. The highest BCUT2D eigenvalue weighted by atomic mass is 19.3. The van der Waals surface area contributed by atoms with E-state index in [0.29, 0.717) is 5.69 Å². The molecule has 1 aromatic carbocycles. The van der Waals surface area contributed by atoms with E-state index in [-0.39, 0.29) is 11.2 Å². The van der Waals surface area contributed by atoms with Gasteiger partial charge in [-0.1, -0.05) is 19.1 Å². The molecule has 0 spiro atoms. The number of ether oxygens (including phenoxy) is 1. The second-order valence-corrected chi connectivity index (χ2v) is 5.48. The largest absolute Gasteiger partial charge is 0.433 e. The second-order valence-electron chi connectivity index (χ2n) is 5.48. The summed E-state index contributed by atoms with van der Waals surface area (Å²) in [5.74, 6) is 0.154. The van der Waals surface area contributed by atoms with E-state index < -0.39 is 6.61 Å². The van der Waals surface area contributed by atoms with Gasteiger partial charge in [-0.25, -0.2) is 4.98 Å². The first-order valence-corrected chi connectivity index (χ1v) is 6.88. The minimum absolute atomic E-state index is 0.0611. The normalized spacial score (nSPS) is 21.9. The number of nitrogens with one attached hydrogen (secondary N) is 1. The first kappa shape index (κ1) is 14.0. The number of imidazole rings is 1. The van der Waals surface area contributed by atoms with E-state index in [1.807, 2.05) is 4.57 Å². The number of rotatable bonds is 4. The van der Waals surface area contributed by atoms with Gasteiger partial charge in [0.05, 0.1) is 12.0 Å². The van der Waals surface area contributed by atoms with Crippen molar-refractivity contribution in [3.8, 4) is 11.4 Å². The first-order valence-electron chi connectivity index (χ1n) is 6.88. The topological polar surface area (TPSA) is 39.1 Å². The number of alkyl halides is 2. The van der Waals surface area contributed by atoms with Crippen molar-refractivity contribution in [3.63, 3.8) is 0 Å². The van der Waals surface area contributed by atoms with Crippen molar-refractivity contribution >= 4 is 0 Å². The van der Waals surface area contributed by atoms with Crippen molar-refractivity contribution < 1.29 is 13.5 Å². The number of aromatic nitrogens is 2. The van der Waals surface area contributed by atoms with E-state index in [2.05, 4.69) is 22.0 Å². The van der Waals surface area contributed by atoms with Gasteiger partial charge in [0.2, 0.25) is 0 Å². The third-order valence-electron chi connectivity index (χ3n) is 3.97. The molecule has 1 aliphatic heterocycles. The van der Waals surface area contributed by atoms with Crippen LogP contribution in [0.3, 0.4) is 0 Å². The molecule has 1 fully saturated rings. The molecule has 1 aliphatic rings. The van der Waals surface area contributed by atoms with E-state index in [1.165, 1.54) is 0 Å². The molecular formula is C15H17F2N3O. The summed E-state index contributed by atoms with van der Waals surface area (Å²) in [7, 11) is 0. The van der Waals surface area contributed by atoms with Crippen LogP contribution in [0.5, 0.6) is 5.75 Å². The molecule has 4 nitrogen and oxygen atoms in total. The van der Waals surface area contributed by atoms with Crippen molar-refractivity contribution in [1.29, 1.82) is 0 Å². The molecule has 0 amide bonds. The van der Waals surface area contributed by atoms with E-state index in [9.17, 15) is 8.78 Å². The van der Waals surface area contributed by atoms with Gasteiger partial charge in [-0.05, 0) is 25.1 Å². The molecule has 6 heteroatoms. The first-order chi connectivity index (χ1) is 10.1. The Labute approximate surface area is 121 Å². The monoisotopic (exact) mass is 293 g/mol. The lowest BCUT2D eigenvalue weighted by Gasteiger charge is -2.25. The number of para-hydroxylation sites is 2. The lowest BCUT2D eigenvalue weighted by Crippen LogP contribution is -2.27. The molecule has 1 atom stereocenters. The minimum Gasteiger partial charge on any atom is -0.433 e. The average molecular weight is 293 g/mol. The van der Waals surface area contributed by atoms with Crippen LogP contribution in [0.1, 0.15) is 19.0 Å².